The van der Waals surface area contributed by atoms with E-state index in [2.05, 4.69) is 36.2 Å². The van der Waals surface area contributed by atoms with Crippen LogP contribution in [0.4, 0.5) is 5.69 Å². The van der Waals surface area contributed by atoms with Crippen molar-refractivity contribution in [3.63, 3.8) is 0 Å². The Labute approximate surface area is 126 Å². The highest BCUT2D eigenvalue weighted by molar-refractivity contribution is 5.76. The van der Waals surface area contributed by atoms with Gasteiger partial charge in [0.1, 0.15) is 17.9 Å². The molecule has 0 amide bonds. The van der Waals surface area contributed by atoms with Crippen molar-refractivity contribution in [2.45, 2.75) is 32.4 Å². The van der Waals surface area contributed by atoms with Crippen LogP contribution in [0.15, 0.2) is 24.3 Å². The van der Waals surface area contributed by atoms with Crippen molar-refractivity contribution in [3.05, 3.63) is 24.3 Å². The summed E-state index contributed by atoms with van der Waals surface area (Å²) >= 11 is 0. The van der Waals surface area contributed by atoms with Crippen LogP contribution in [0.2, 0.25) is 0 Å². The topological polar surface area (TPSA) is 50.8 Å². The molecule has 116 valence electrons. The summed E-state index contributed by atoms with van der Waals surface area (Å²) in [6, 6.07) is 7.84. The van der Waals surface area contributed by atoms with Crippen molar-refractivity contribution in [3.8, 4) is 5.75 Å². The first-order valence-corrected chi connectivity index (χ1v) is 7.50. The molecule has 0 bridgehead atoms. The minimum atomic E-state index is -0.258. The molecule has 1 aromatic carbocycles. The van der Waals surface area contributed by atoms with E-state index in [1.807, 2.05) is 12.1 Å². The lowest BCUT2D eigenvalue weighted by Gasteiger charge is -2.22. The third-order valence-corrected chi connectivity index (χ3v) is 3.83. The standard InChI is InChI=1S/C16H24N2O3/c1-4-18(5-2)12-7-6-8-13(9-12)21-14-10-15(17-11-14)16(19)20-3/h6-9,14-15,17H,4-5,10-11H2,1-3H3/t14-,15-/m0/s1. The van der Waals surface area contributed by atoms with E-state index in [9.17, 15) is 4.79 Å². The van der Waals surface area contributed by atoms with Crippen LogP contribution in [0, 0.1) is 0 Å². The number of carbonyl (C=O) groups is 1. The SMILES string of the molecule is CCN(CC)c1cccc(O[C@@H]2CN[C@H](C(=O)OC)C2)c1. The molecule has 0 unspecified atom stereocenters. The number of ether oxygens (including phenoxy) is 2. The Morgan fingerprint density at radius 2 is 2.14 bits per heavy atom. The zero-order chi connectivity index (χ0) is 15.2. The molecule has 1 fully saturated rings. The zero-order valence-electron chi connectivity index (χ0n) is 13.0. The van der Waals surface area contributed by atoms with Crippen LogP contribution in [0.5, 0.6) is 5.75 Å². The molecular formula is C16H24N2O3. The van der Waals surface area contributed by atoms with Crippen molar-refractivity contribution < 1.29 is 14.3 Å². The average molecular weight is 292 g/mol. The van der Waals surface area contributed by atoms with Crippen LogP contribution in [0.3, 0.4) is 0 Å². The molecule has 1 N–H and O–H groups in total. The lowest BCUT2D eigenvalue weighted by atomic mass is 10.2. The van der Waals surface area contributed by atoms with Crippen LogP contribution >= 0.6 is 0 Å². The highest BCUT2D eigenvalue weighted by atomic mass is 16.5. The number of nitrogens with one attached hydrogen (secondary N) is 1. The van der Waals surface area contributed by atoms with E-state index in [0.717, 1.165) is 24.5 Å². The van der Waals surface area contributed by atoms with Gasteiger partial charge in [0.25, 0.3) is 0 Å². The number of rotatable bonds is 6. The van der Waals surface area contributed by atoms with Gasteiger partial charge in [0, 0.05) is 37.8 Å². The van der Waals surface area contributed by atoms with Gasteiger partial charge < -0.3 is 19.7 Å². The second-order valence-electron chi connectivity index (χ2n) is 5.13. The van der Waals surface area contributed by atoms with E-state index < -0.39 is 0 Å². The van der Waals surface area contributed by atoms with Gasteiger partial charge >= 0.3 is 5.97 Å². The summed E-state index contributed by atoms with van der Waals surface area (Å²) in [4.78, 5) is 13.8. The Bertz CT molecular complexity index is 474. The molecule has 1 aliphatic rings. The van der Waals surface area contributed by atoms with Crippen LogP contribution in [-0.4, -0.2) is 44.9 Å². The molecule has 1 heterocycles. The summed E-state index contributed by atoms with van der Waals surface area (Å²) in [5.74, 6) is 0.620. The van der Waals surface area contributed by atoms with Gasteiger partial charge in [0.15, 0.2) is 0 Å². The Morgan fingerprint density at radius 3 is 2.81 bits per heavy atom. The van der Waals surface area contributed by atoms with Gasteiger partial charge in [-0.25, -0.2) is 0 Å². The molecule has 5 nitrogen and oxygen atoms in total. The molecule has 2 rings (SSSR count). The van der Waals surface area contributed by atoms with Gasteiger partial charge in [-0.1, -0.05) is 6.07 Å². The first-order valence-electron chi connectivity index (χ1n) is 7.50. The normalized spacial score (nSPS) is 21.1. The highest BCUT2D eigenvalue weighted by Crippen LogP contribution is 2.23. The third kappa shape index (κ3) is 3.88. The monoisotopic (exact) mass is 292 g/mol. The van der Waals surface area contributed by atoms with Crippen LogP contribution < -0.4 is 15.0 Å². The summed E-state index contributed by atoms with van der Waals surface area (Å²) in [6.45, 7) is 6.87. The molecule has 0 aliphatic carbocycles. The predicted octanol–water partition coefficient (Wildman–Crippen LogP) is 1.82. The lowest BCUT2D eigenvalue weighted by Crippen LogP contribution is -2.31. The largest absolute Gasteiger partial charge is 0.489 e. The van der Waals surface area contributed by atoms with Gasteiger partial charge in [0.05, 0.1) is 7.11 Å². The summed E-state index contributed by atoms with van der Waals surface area (Å²) in [5.41, 5.74) is 1.16. The van der Waals surface area contributed by atoms with E-state index >= 15 is 0 Å². The quantitative estimate of drug-likeness (QED) is 0.811. The molecular weight excluding hydrogens is 268 g/mol. The lowest BCUT2D eigenvalue weighted by molar-refractivity contribution is -0.142. The summed E-state index contributed by atoms with van der Waals surface area (Å²) in [6.07, 6.45) is 0.642. The smallest absolute Gasteiger partial charge is 0.323 e. The molecule has 21 heavy (non-hydrogen) atoms. The molecule has 0 aromatic heterocycles. The van der Waals surface area contributed by atoms with Crippen LogP contribution in [0.1, 0.15) is 20.3 Å². The molecule has 1 aliphatic heterocycles. The highest BCUT2D eigenvalue weighted by Gasteiger charge is 2.31. The molecule has 0 radical (unpaired) electrons. The second kappa shape index (κ2) is 7.31. The fraction of sp³-hybridized carbons (Fsp3) is 0.562. The molecule has 0 saturated carbocycles. The molecule has 1 aromatic rings. The minimum Gasteiger partial charge on any atom is -0.489 e. The number of esters is 1. The van der Waals surface area contributed by atoms with Gasteiger partial charge in [0.2, 0.25) is 0 Å². The summed E-state index contributed by atoms with van der Waals surface area (Å²) in [5, 5.41) is 3.13. The van der Waals surface area contributed by atoms with Gasteiger partial charge in [-0.05, 0) is 26.0 Å². The van der Waals surface area contributed by atoms with Gasteiger partial charge in [-0.3, -0.25) is 4.79 Å². The number of anilines is 1. The maximum Gasteiger partial charge on any atom is 0.323 e. The Kier molecular flexibility index (Phi) is 5.44. The number of benzene rings is 1. The van der Waals surface area contributed by atoms with Crippen molar-refractivity contribution in [1.29, 1.82) is 0 Å². The summed E-state index contributed by atoms with van der Waals surface area (Å²) in [7, 11) is 1.41. The fourth-order valence-corrected chi connectivity index (χ4v) is 2.65. The number of nitrogens with zero attached hydrogens (tertiary/aromatic N) is 1. The Hall–Kier alpha value is -1.75. The minimum absolute atomic E-state index is 0.000975. The average Bonchev–Trinajstić information content (AvgIpc) is 2.96. The maximum absolute atomic E-state index is 11.5. The second-order valence-corrected chi connectivity index (χ2v) is 5.13. The van der Waals surface area contributed by atoms with Gasteiger partial charge in [-0.15, -0.1) is 0 Å². The Morgan fingerprint density at radius 1 is 1.38 bits per heavy atom. The van der Waals surface area contributed by atoms with Crippen LogP contribution in [-0.2, 0) is 9.53 Å². The third-order valence-electron chi connectivity index (χ3n) is 3.83. The Balaban J connectivity index is 1.98. The molecule has 2 atom stereocenters. The molecule has 5 heteroatoms. The first-order chi connectivity index (χ1) is 10.2. The number of carbonyl (C=O) groups excluding carboxylic acids is 1. The number of methoxy groups -OCH3 is 1. The van der Waals surface area contributed by atoms with Gasteiger partial charge in [-0.2, -0.15) is 0 Å². The van der Waals surface area contributed by atoms with E-state index in [4.69, 9.17) is 9.47 Å². The van der Waals surface area contributed by atoms with E-state index in [1.165, 1.54) is 7.11 Å². The van der Waals surface area contributed by atoms with Crippen molar-refractivity contribution in [2.75, 3.05) is 31.6 Å². The molecule has 0 spiro atoms. The number of hydrogen-bond acceptors (Lipinski definition) is 5. The van der Waals surface area contributed by atoms with Crippen molar-refractivity contribution in [2.24, 2.45) is 0 Å². The summed E-state index contributed by atoms with van der Waals surface area (Å²) < 4.78 is 10.7. The number of hydrogen-bond donors (Lipinski definition) is 1. The van der Waals surface area contributed by atoms with Crippen molar-refractivity contribution in [1.82, 2.24) is 5.32 Å². The van der Waals surface area contributed by atoms with Crippen LogP contribution in [0.25, 0.3) is 0 Å². The zero-order valence-corrected chi connectivity index (χ0v) is 13.0. The fourth-order valence-electron chi connectivity index (χ4n) is 2.65. The predicted molar refractivity (Wildman–Crippen MR) is 82.8 cm³/mol. The van der Waals surface area contributed by atoms with Crippen molar-refractivity contribution >= 4 is 11.7 Å². The van der Waals surface area contributed by atoms with E-state index in [-0.39, 0.29) is 18.1 Å². The first kappa shape index (κ1) is 15.6. The van der Waals surface area contributed by atoms with E-state index in [0.29, 0.717) is 13.0 Å². The molecule has 1 saturated heterocycles. The van der Waals surface area contributed by atoms with E-state index in [1.54, 1.807) is 0 Å². The maximum atomic E-state index is 11.5.